The summed E-state index contributed by atoms with van der Waals surface area (Å²) in [5.74, 6) is 1.58. The summed E-state index contributed by atoms with van der Waals surface area (Å²) in [5, 5.41) is 0. The molecule has 2 bridgehead atoms. The summed E-state index contributed by atoms with van der Waals surface area (Å²) >= 11 is 0. The first-order chi connectivity index (χ1) is 12.5. The molecule has 1 aliphatic heterocycles. The molecule has 0 aromatic heterocycles. The van der Waals surface area contributed by atoms with Gasteiger partial charge in [-0.15, -0.1) is 0 Å². The number of morpholine rings is 1. The van der Waals surface area contributed by atoms with E-state index in [0.717, 1.165) is 12.8 Å². The molecule has 1 saturated heterocycles. The molecule has 2 aliphatic carbocycles. The topological polar surface area (TPSA) is 55.6 Å². The van der Waals surface area contributed by atoms with Crippen LogP contribution in [-0.4, -0.2) is 36.0 Å². The summed E-state index contributed by atoms with van der Waals surface area (Å²) in [6.07, 6.45) is 5.64. The third-order valence-corrected chi connectivity index (χ3v) is 7.01. The molecule has 2 N–H and O–H groups in total. The Morgan fingerprint density at radius 3 is 2.58 bits per heavy atom. The van der Waals surface area contributed by atoms with Crippen molar-refractivity contribution in [2.24, 2.45) is 23.5 Å². The summed E-state index contributed by atoms with van der Waals surface area (Å²) < 4.78 is 6.10. The number of fused-ring (bicyclic) bond motifs is 2. The van der Waals surface area contributed by atoms with E-state index in [2.05, 4.69) is 43.0 Å². The molecule has 1 aromatic rings. The number of rotatable bonds is 2. The van der Waals surface area contributed by atoms with Gasteiger partial charge in [0.2, 0.25) is 5.91 Å². The minimum atomic E-state index is -0.0123. The molecule has 1 amide bonds. The Kier molecular flexibility index (Phi) is 5.07. The molecule has 1 heterocycles. The van der Waals surface area contributed by atoms with E-state index in [1.165, 1.54) is 30.4 Å². The van der Waals surface area contributed by atoms with Gasteiger partial charge in [-0.3, -0.25) is 4.79 Å². The molecule has 0 radical (unpaired) electrons. The minimum absolute atomic E-state index is 0.0123. The lowest BCUT2D eigenvalue weighted by atomic mass is 9.65. The number of benzene rings is 1. The summed E-state index contributed by atoms with van der Waals surface area (Å²) in [7, 11) is 0. The Bertz CT molecular complexity index is 647. The average Bonchev–Trinajstić information content (AvgIpc) is 2.62. The van der Waals surface area contributed by atoms with Crippen LogP contribution >= 0.6 is 0 Å². The van der Waals surface area contributed by atoms with Crippen molar-refractivity contribution in [3.63, 3.8) is 0 Å². The normalized spacial score (nSPS) is 37.4. The van der Waals surface area contributed by atoms with E-state index in [4.69, 9.17) is 10.5 Å². The van der Waals surface area contributed by atoms with Gasteiger partial charge in [-0.25, -0.2) is 0 Å². The van der Waals surface area contributed by atoms with Crippen molar-refractivity contribution in [3.8, 4) is 0 Å². The van der Waals surface area contributed by atoms with E-state index in [-0.39, 0.29) is 18.1 Å². The molecule has 2 saturated carbocycles. The van der Waals surface area contributed by atoms with Crippen LogP contribution in [0.5, 0.6) is 0 Å². The Balaban J connectivity index is 1.49. The van der Waals surface area contributed by atoms with Crippen molar-refractivity contribution in [2.75, 3.05) is 13.2 Å². The van der Waals surface area contributed by atoms with Crippen LogP contribution in [0.4, 0.5) is 0 Å². The number of amides is 1. The zero-order valence-electron chi connectivity index (χ0n) is 16.1. The second kappa shape index (κ2) is 7.32. The molecule has 4 atom stereocenters. The van der Waals surface area contributed by atoms with Crippen LogP contribution in [0.25, 0.3) is 0 Å². The van der Waals surface area contributed by atoms with Crippen molar-refractivity contribution in [1.29, 1.82) is 0 Å². The zero-order valence-corrected chi connectivity index (χ0v) is 16.1. The molecule has 3 aliphatic rings. The van der Waals surface area contributed by atoms with Gasteiger partial charge < -0.3 is 15.4 Å². The summed E-state index contributed by atoms with van der Waals surface area (Å²) in [4.78, 5) is 15.5. The summed E-state index contributed by atoms with van der Waals surface area (Å²) in [5.41, 5.74) is 8.86. The first-order valence-corrected chi connectivity index (χ1v) is 10.3. The highest BCUT2D eigenvalue weighted by atomic mass is 16.5. The van der Waals surface area contributed by atoms with Gasteiger partial charge in [0.15, 0.2) is 0 Å². The Hall–Kier alpha value is -1.39. The van der Waals surface area contributed by atoms with E-state index >= 15 is 0 Å². The van der Waals surface area contributed by atoms with E-state index in [1.54, 1.807) is 0 Å². The number of nitrogens with zero attached hydrogens (tertiary/aromatic N) is 1. The first-order valence-electron chi connectivity index (χ1n) is 10.3. The molecular weight excluding hydrogens is 324 g/mol. The van der Waals surface area contributed by atoms with Crippen molar-refractivity contribution in [2.45, 2.75) is 64.1 Å². The van der Waals surface area contributed by atoms with Gasteiger partial charge in [0.25, 0.3) is 0 Å². The first kappa shape index (κ1) is 18.0. The highest BCUT2D eigenvalue weighted by Gasteiger charge is 2.43. The van der Waals surface area contributed by atoms with Crippen molar-refractivity contribution in [3.05, 3.63) is 35.4 Å². The van der Waals surface area contributed by atoms with Gasteiger partial charge in [0.1, 0.15) is 6.10 Å². The Morgan fingerprint density at radius 1 is 1.19 bits per heavy atom. The Morgan fingerprint density at radius 2 is 1.88 bits per heavy atom. The van der Waals surface area contributed by atoms with Crippen molar-refractivity contribution < 1.29 is 9.53 Å². The van der Waals surface area contributed by atoms with Crippen LogP contribution in [0.3, 0.4) is 0 Å². The second-order valence-electron chi connectivity index (χ2n) is 8.71. The quantitative estimate of drug-likeness (QED) is 0.883. The maximum Gasteiger partial charge on any atom is 0.226 e. The number of nitrogens with two attached hydrogens (primary N) is 1. The molecule has 4 rings (SSSR count). The smallest absolute Gasteiger partial charge is 0.226 e. The van der Waals surface area contributed by atoms with Crippen LogP contribution in [0.2, 0.25) is 0 Å². The van der Waals surface area contributed by atoms with E-state index < -0.39 is 0 Å². The zero-order chi connectivity index (χ0) is 18.3. The van der Waals surface area contributed by atoms with Gasteiger partial charge >= 0.3 is 0 Å². The van der Waals surface area contributed by atoms with Crippen LogP contribution in [0.15, 0.2) is 24.3 Å². The van der Waals surface area contributed by atoms with E-state index in [1.807, 2.05) is 0 Å². The molecule has 3 fully saturated rings. The van der Waals surface area contributed by atoms with Gasteiger partial charge in [-0.2, -0.15) is 0 Å². The fourth-order valence-electron chi connectivity index (χ4n) is 5.43. The predicted octanol–water partition coefficient (Wildman–Crippen LogP) is 3.44. The van der Waals surface area contributed by atoms with Gasteiger partial charge in [0.05, 0.1) is 19.2 Å². The third kappa shape index (κ3) is 3.29. The standard InChI is InChI=1S/C22H32N2O2/c1-14-6-3-4-9-19(14)20-12-24(15(2)13-26-20)22(25)18-10-16-7-5-8-17(11-18)21(16)23/h3-4,6,9,15-18,20-21H,5,7-8,10-13,23H2,1-2H3. The van der Waals surface area contributed by atoms with Crippen molar-refractivity contribution in [1.82, 2.24) is 4.90 Å². The predicted molar refractivity (Wildman–Crippen MR) is 103 cm³/mol. The third-order valence-electron chi connectivity index (χ3n) is 7.01. The number of hydrogen-bond donors (Lipinski definition) is 1. The van der Waals surface area contributed by atoms with Crippen LogP contribution < -0.4 is 5.73 Å². The lowest BCUT2D eigenvalue weighted by Gasteiger charge is -2.46. The maximum atomic E-state index is 13.4. The molecular formula is C22H32N2O2. The number of ether oxygens (including phenoxy) is 1. The monoisotopic (exact) mass is 356 g/mol. The van der Waals surface area contributed by atoms with Crippen molar-refractivity contribution >= 4 is 5.91 Å². The number of aryl methyl sites for hydroxylation is 1. The van der Waals surface area contributed by atoms with Crippen LogP contribution in [-0.2, 0) is 9.53 Å². The summed E-state index contributed by atoms with van der Waals surface area (Å²) in [6.45, 7) is 5.51. The largest absolute Gasteiger partial charge is 0.370 e. The fraction of sp³-hybridized carbons (Fsp3) is 0.682. The van der Waals surface area contributed by atoms with Gasteiger partial charge in [-0.05, 0) is 62.5 Å². The lowest BCUT2D eigenvalue weighted by molar-refractivity contribution is -0.151. The number of carbonyl (C=O) groups excluding carboxylic acids is 1. The molecule has 142 valence electrons. The number of hydrogen-bond acceptors (Lipinski definition) is 3. The van der Waals surface area contributed by atoms with E-state index in [9.17, 15) is 4.79 Å². The van der Waals surface area contributed by atoms with E-state index in [0.29, 0.717) is 36.9 Å². The molecule has 0 spiro atoms. The lowest BCUT2D eigenvalue weighted by Crippen LogP contribution is -2.54. The molecule has 4 unspecified atom stereocenters. The van der Waals surface area contributed by atoms with Crippen LogP contribution in [0.1, 0.15) is 56.3 Å². The fourth-order valence-corrected chi connectivity index (χ4v) is 5.43. The van der Waals surface area contributed by atoms with Gasteiger partial charge in [0, 0.05) is 12.0 Å². The Labute approximate surface area is 157 Å². The second-order valence-corrected chi connectivity index (χ2v) is 8.71. The highest BCUT2D eigenvalue weighted by Crippen LogP contribution is 2.43. The molecule has 4 nitrogen and oxygen atoms in total. The SMILES string of the molecule is Cc1ccccc1C1CN(C(=O)C2CC3CCCC(C2)C3N)C(C)CO1. The van der Waals surface area contributed by atoms with Gasteiger partial charge in [-0.1, -0.05) is 30.7 Å². The molecule has 26 heavy (non-hydrogen) atoms. The molecule has 4 heteroatoms. The summed E-state index contributed by atoms with van der Waals surface area (Å²) in [6, 6.07) is 8.82. The molecule has 1 aromatic carbocycles. The minimum Gasteiger partial charge on any atom is -0.370 e. The van der Waals surface area contributed by atoms with Crippen LogP contribution in [0, 0.1) is 24.7 Å². The highest BCUT2D eigenvalue weighted by molar-refractivity contribution is 5.79. The maximum absolute atomic E-state index is 13.4. The number of carbonyl (C=O) groups is 1. The average molecular weight is 357 g/mol.